The van der Waals surface area contributed by atoms with E-state index in [4.69, 9.17) is 9.72 Å². The number of guanidine groups is 1. The van der Waals surface area contributed by atoms with Gasteiger partial charge in [-0.15, -0.1) is 11.3 Å². The Morgan fingerprint density at radius 3 is 2.56 bits per heavy atom. The predicted octanol–water partition coefficient (Wildman–Crippen LogP) is 3.85. The molecule has 0 aliphatic heterocycles. The van der Waals surface area contributed by atoms with Crippen molar-refractivity contribution in [3.63, 3.8) is 0 Å². The van der Waals surface area contributed by atoms with Crippen molar-refractivity contribution in [2.24, 2.45) is 4.99 Å². The number of aromatic nitrogens is 1. The molecule has 0 spiro atoms. The minimum atomic E-state index is 0.109. The number of nitrogens with zero attached hydrogens (tertiary/aromatic N) is 2. The highest BCUT2D eigenvalue weighted by atomic mass is 32.1. The summed E-state index contributed by atoms with van der Waals surface area (Å²) in [5.74, 6) is 0.801. The Labute approximate surface area is 156 Å². The Morgan fingerprint density at radius 2 is 1.96 bits per heavy atom. The molecule has 1 saturated carbocycles. The molecule has 142 valence electrons. The molecule has 0 radical (unpaired) electrons. The average Bonchev–Trinajstić information content (AvgIpc) is 2.91. The van der Waals surface area contributed by atoms with Crippen LogP contribution in [0.5, 0.6) is 0 Å². The first-order valence-corrected chi connectivity index (χ1v) is 10.4. The lowest BCUT2D eigenvalue weighted by Crippen LogP contribution is -2.39. The number of aliphatic imine (C=N–C) groups is 1. The second kappa shape index (κ2) is 10.1. The summed E-state index contributed by atoms with van der Waals surface area (Å²) < 4.78 is 6.01. The van der Waals surface area contributed by atoms with Crippen LogP contribution < -0.4 is 10.6 Å². The molecule has 1 aliphatic rings. The Bertz CT molecular complexity index is 528. The van der Waals surface area contributed by atoms with Crippen molar-refractivity contribution in [3.8, 4) is 0 Å². The van der Waals surface area contributed by atoms with Gasteiger partial charge in [-0.1, -0.05) is 46.5 Å². The fourth-order valence-corrected chi connectivity index (χ4v) is 3.84. The molecular weight excluding hydrogens is 332 g/mol. The lowest BCUT2D eigenvalue weighted by molar-refractivity contribution is 0.0468. The maximum atomic E-state index is 6.01. The Morgan fingerprint density at radius 1 is 1.24 bits per heavy atom. The van der Waals surface area contributed by atoms with Gasteiger partial charge in [0.2, 0.25) is 0 Å². The molecule has 1 aromatic rings. The minimum Gasteiger partial charge on any atom is -0.376 e. The maximum absolute atomic E-state index is 6.01. The van der Waals surface area contributed by atoms with Crippen LogP contribution in [0.4, 0.5) is 0 Å². The summed E-state index contributed by atoms with van der Waals surface area (Å²) in [5.41, 5.74) is 1.17. The number of hydrogen-bond donors (Lipinski definition) is 2. The third-order valence-corrected chi connectivity index (χ3v) is 5.72. The van der Waals surface area contributed by atoms with Crippen molar-refractivity contribution < 1.29 is 4.74 Å². The van der Waals surface area contributed by atoms with Crippen molar-refractivity contribution in [2.75, 3.05) is 20.2 Å². The zero-order chi connectivity index (χ0) is 18.1. The van der Waals surface area contributed by atoms with E-state index in [0.29, 0.717) is 12.6 Å². The molecule has 1 fully saturated rings. The fourth-order valence-electron chi connectivity index (χ4n) is 2.93. The van der Waals surface area contributed by atoms with Gasteiger partial charge in [0.05, 0.1) is 30.0 Å². The van der Waals surface area contributed by atoms with E-state index in [-0.39, 0.29) is 5.41 Å². The molecule has 0 amide bonds. The van der Waals surface area contributed by atoms with Gasteiger partial charge in [-0.3, -0.25) is 4.99 Å². The van der Waals surface area contributed by atoms with Crippen LogP contribution in [-0.4, -0.2) is 37.2 Å². The first-order chi connectivity index (χ1) is 12.0. The number of hydrogen-bond acceptors (Lipinski definition) is 4. The molecule has 1 aromatic heterocycles. The summed E-state index contributed by atoms with van der Waals surface area (Å²) in [5, 5.41) is 9.94. The van der Waals surface area contributed by atoms with E-state index < -0.39 is 0 Å². The molecule has 25 heavy (non-hydrogen) atoms. The highest BCUT2D eigenvalue weighted by Crippen LogP contribution is 2.25. The lowest BCUT2D eigenvalue weighted by Gasteiger charge is -2.16. The highest BCUT2D eigenvalue weighted by Gasteiger charge is 2.18. The van der Waals surface area contributed by atoms with Gasteiger partial charge in [-0.05, 0) is 12.8 Å². The third-order valence-electron chi connectivity index (χ3n) is 4.40. The van der Waals surface area contributed by atoms with Crippen molar-refractivity contribution in [3.05, 3.63) is 16.1 Å². The molecule has 0 unspecified atom stereocenters. The summed E-state index contributed by atoms with van der Waals surface area (Å²) in [4.78, 5) is 8.98. The van der Waals surface area contributed by atoms with Gasteiger partial charge in [0, 0.05) is 24.4 Å². The van der Waals surface area contributed by atoms with Crippen LogP contribution in [0, 0.1) is 0 Å². The molecule has 1 aliphatic carbocycles. The predicted molar refractivity (Wildman–Crippen MR) is 106 cm³/mol. The smallest absolute Gasteiger partial charge is 0.191 e. The van der Waals surface area contributed by atoms with Crippen LogP contribution in [0.1, 0.15) is 70.0 Å². The second-order valence-electron chi connectivity index (χ2n) is 7.73. The van der Waals surface area contributed by atoms with Crippen LogP contribution in [0.2, 0.25) is 0 Å². The van der Waals surface area contributed by atoms with Gasteiger partial charge in [0.1, 0.15) is 0 Å². The molecule has 0 aromatic carbocycles. The van der Waals surface area contributed by atoms with Crippen molar-refractivity contribution in [1.82, 2.24) is 15.6 Å². The molecular formula is C19H34N4OS. The standard InChI is InChI=1S/C19H34N4OS/c1-19(2,3)17-23-15(14-25-17)13-22-18(20-4)21-11-12-24-16-9-7-5-6-8-10-16/h14,16H,5-13H2,1-4H3,(H2,20,21,22). The topological polar surface area (TPSA) is 58.5 Å². The maximum Gasteiger partial charge on any atom is 0.191 e. The summed E-state index contributed by atoms with van der Waals surface area (Å²) >= 11 is 1.72. The van der Waals surface area contributed by atoms with E-state index in [9.17, 15) is 0 Å². The second-order valence-corrected chi connectivity index (χ2v) is 8.59. The molecule has 0 saturated heterocycles. The molecule has 5 nitrogen and oxygen atoms in total. The van der Waals surface area contributed by atoms with Gasteiger partial charge in [0.15, 0.2) is 5.96 Å². The summed E-state index contributed by atoms with van der Waals surface area (Å²) in [6.45, 7) is 8.78. The summed E-state index contributed by atoms with van der Waals surface area (Å²) in [6, 6.07) is 0. The van der Waals surface area contributed by atoms with Crippen molar-refractivity contribution >= 4 is 17.3 Å². The van der Waals surface area contributed by atoms with Crippen molar-refractivity contribution in [2.45, 2.75) is 77.4 Å². The zero-order valence-corrected chi connectivity index (χ0v) is 17.0. The molecule has 2 N–H and O–H groups in total. The van der Waals surface area contributed by atoms with Crippen LogP contribution >= 0.6 is 11.3 Å². The van der Waals surface area contributed by atoms with Gasteiger partial charge < -0.3 is 15.4 Å². The number of thiazole rings is 1. The number of nitrogens with one attached hydrogen (secondary N) is 2. The molecule has 0 atom stereocenters. The van der Waals surface area contributed by atoms with Crippen molar-refractivity contribution in [1.29, 1.82) is 0 Å². The van der Waals surface area contributed by atoms with E-state index in [1.54, 1.807) is 18.4 Å². The summed E-state index contributed by atoms with van der Waals surface area (Å²) in [6.07, 6.45) is 8.23. The van der Waals surface area contributed by atoms with E-state index >= 15 is 0 Å². The quantitative estimate of drug-likeness (QED) is 0.347. The zero-order valence-electron chi connectivity index (χ0n) is 16.2. The largest absolute Gasteiger partial charge is 0.376 e. The van der Waals surface area contributed by atoms with Gasteiger partial charge >= 0.3 is 0 Å². The Balaban J connectivity index is 1.66. The molecule has 1 heterocycles. The van der Waals surface area contributed by atoms with Gasteiger partial charge in [-0.25, -0.2) is 4.98 Å². The van der Waals surface area contributed by atoms with E-state index in [1.807, 2.05) is 0 Å². The average molecular weight is 367 g/mol. The molecule has 6 heteroatoms. The Kier molecular flexibility index (Phi) is 8.16. The molecule has 2 rings (SSSR count). The van der Waals surface area contributed by atoms with Crippen LogP contribution in [-0.2, 0) is 16.7 Å². The monoisotopic (exact) mass is 366 g/mol. The number of rotatable bonds is 6. The fraction of sp³-hybridized carbons (Fsp3) is 0.789. The van der Waals surface area contributed by atoms with Gasteiger partial charge in [0.25, 0.3) is 0 Å². The van der Waals surface area contributed by atoms with E-state index in [0.717, 1.165) is 24.8 Å². The first kappa shape index (κ1) is 20.2. The number of ether oxygens (including phenoxy) is 1. The van der Waals surface area contributed by atoms with Gasteiger partial charge in [-0.2, -0.15) is 0 Å². The normalized spacial score (nSPS) is 17.4. The van der Waals surface area contributed by atoms with E-state index in [2.05, 4.69) is 41.8 Å². The van der Waals surface area contributed by atoms with Crippen LogP contribution in [0.15, 0.2) is 10.4 Å². The van der Waals surface area contributed by atoms with E-state index in [1.165, 1.54) is 43.5 Å². The lowest BCUT2D eigenvalue weighted by atomic mass is 9.98. The first-order valence-electron chi connectivity index (χ1n) is 9.50. The minimum absolute atomic E-state index is 0.109. The highest BCUT2D eigenvalue weighted by molar-refractivity contribution is 7.09. The SMILES string of the molecule is CN=C(NCCOC1CCCCCC1)NCc1csc(C(C)(C)C)n1. The van der Waals surface area contributed by atoms with Crippen LogP contribution in [0.3, 0.4) is 0 Å². The Hall–Kier alpha value is -1.14. The third kappa shape index (κ3) is 7.32. The van der Waals surface area contributed by atoms with Crippen LogP contribution in [0.25, 0.3) is 0 Å². The molecule has 0 bridgehead atoms. The summed E-state index contributed by atoms with van der Waals surface area (Å²) in [7, 11) is 1.79.